The van der Waals surface area contributed by atoms with Crippen LogP contribution in [-0.2, 0) is 6.42 Å². The zero-order valence-corrected chi connectivity index (χ0v) is 7.53. The second-order valence-corrected chi connectivity index (χ2v) is 3.08. The maximum Gasteiger partial charge on any atom is 0.220 e. The summed E-state index contributed by atoms with van der Waals surface area (Å²) in [6, 6.07) is 7.58. The minimum Gasteiger partial charge on any atom is -0.428 e. The molecule has 0 aliphatic carbocycles. The Kier molecular flexibility index (Phi) is 2.27. The molecule has 1 aromatic heterocycles. The molecule has 0 atom stereocenters. The van der Waals surface area contributed by atoms with Gasteiger partial charge in [-0.05, 0) is 17.7 Å². The van der Waals surface area contributed by atoms with E-state index < -0.39 is 0 Å². The van der Waals surface area contributed by atoms with Gasteiger partial charge in [0.15, 0.2) is 0 Å². The summed E-state index contributed by atoms with van der Waals surface area (Å²) >= 11 is 5.82. The molecule has 1 aromatic carbocycles. The van der Waals surface area contributed by atoms with Crippen LogP contribution in [0.15, 0.2) is 35.1 Å². The maximum atomic E-state index is 5.82. The van der Waals surface area contributed by atoms with Crippen molar-refractivity contribution < 1.29 is 4.42 Å². The Labute approximate surface area is 80.4 Å². The van der Waals surface area contributed by atoms with E-state index in [2.05, 4.69) is 10.2 Å². The average molecular weight is 195 g/mol. The monoisotopic (exact) mass is 194 g/mol. The highest BCUT2D eigenvalue weighted by Gasteiger charge is 2.00. The Morgan fingerprint density at radius 2 is 2.31 bits per heavy atom. The van der Waals surface area contributed by atoms with E-state index in [-0.39, 0.29) is 0 Å². The first kappa shape index (κ1) is 8.26. The van der Waals surface area contributed by atoms with Gasteiger partial charge in [0.2, 0.25) is 12.3 Å². The number of rotatable bonds is 2. The summed E-state index contributed by atoms with van der Waals surface area (Å²) in [5.41, 5.74) is 1.07. The SMILES string of the molecule is Clc1cccc(Cc2nnco2)c1. The fraction of sp³-hybridized carbons (Fsp3) is 0.111. The first-order valence-electron chi connectivity index (χ1n) is 3.84. The van der Waals surface area contributed by atoms with Gasteiger partial charge in [0.1, 0.15) is 0 Å². The summed E-state index contributed by atoms with van der Waals surface area (Å²) in [6.45, 7) is 0. The van der Waals surface area contributed by atoms with E-state index in [1.165, 1.54) is 6.39 Å². The molecule has 2 rings (SSSR count). The fourth-order valence-electron chi connectivity index (χ4n) is 1.09. The molecule has 1 heterocycles. The van der Waals surface area contributed by atoms with Crippen molar-refractivity contribution in [2.24, 2.45) is 0 Å². The van der Waals surface area contributed by atoms with E-state index in [1.54, 1.807) is 0 Å². The summed E-state index contributed by atoms with van der Waals surface area (Å²) in [5, 5.41) is 8.09. The topological polar surface area (TPSA) is 38.9 Å². The largest absolute Gasteiger partial charge is 0.428 e. The van der Waals surface area contributed by atoms with Crippen molar-refractivity contribution in [2.45, 2.75) is 6.42 Å². The van der Waals surface area contributed by atoms with Gasteiger partial charge in [-0.25, -0.2) is 0 Å². The lowest BCUT2D eigenvalue weighted by atomic mass is 10.1. The van der Waals surface area contributed by atoms with Crippen molar-refractivity contribution in [3.05, 3.63) is 47.1 Å². The summed E-state index contributed by atoms with van der Waals surface area (Å²) in [6.07, 6.45) is 1.94. The van der Waals surface area contributed by atoms with Crippen LogP contribution in [0.25, 0.3) is 0 Å². The standard InChI is InChI=1S/C9H7ClN2O/c10-8-3-1-2-7(4-8)5-9-12-11-6-13-9/h1-4,6H,5H2. The third-order valence-corrected chi connectivity index (χ3v) is 1.88. The van der Waals surface area contributed by atoms with Crippen LogP contribution in [0.4, 0.5) is 0 Å². The smallest absolute Gasteiger partial charge is 0.220 e. The van der Waals surface area contributed by atoms with Crippen molar-refractivity contribution in [3.8, 4) is 0 Å². The minimum absolute atomic E-state index is 0.599. The third kappa shape index (κ3) is 2.06. The Bertz CT molecular complexity index is 386. The van der Waals surface area contributed by atoms with Gasteiger partial charge in [-0.2, -0.15) is 0 Å². The van der Waals surface area contributed by atoms with Gasteiger partial charge in [-0.1, -0.05) is 23.7 Å². The van der Waals surface area contributed by atoms with Gasteiger partial charge in [0.25, 0.3) is 0 Å². The molecule has 0 unspecified atom stereocenters. The van der Waals surface area contributed by atoms with Crippen molar-refractivity contribution in [1.29, 1.82) is 0 Å². The second-order valence-electron chi connectivity index (χ2n) is 2.64. The number of nitrogens with zero attached hydrogens (tertiary/aromatic N) is 2. The molecule has 66 valence electrons. The molecule has 13 heavy (non-hydrogen) atoms. The van der Waals surface area contributed by atoms with E-state index in [4.69, 9.17) is 16.0 Å². The van der Waals surface area contributed by atoms with Crippen LogP contribution in [0, 0.1) is 0 Å². The van der Waals surface area contributed by atoms with E-state index in [0.29, 0.717) is 12.3 Å². The Morgan fingerprint density at radius 1 is 1.38 bits per heavy atom. The van der Waals surface area contributed by atoms with Gasteiger partial charge in [0.05, 0.1) is 6.42 Å². The minimum atomic E-state index is 0.599. The van der Waals surface area contributed by atoms with E-state index in [1.807, 2.05) is 24.3 Å². The van der Waals surface area contributed by atoms with Crippen LogP contribution >= 0.6 is 11.6 Å². The molecular formula is C9H7ClN2O. The van der Waals surface area contributed by atoms with Gasteiger partial charge in [-0.3, -0.25) is 0 Å². The number of hydrogen-bond donors (Lipinski definition) is 0. The normalized spacial score (nSPS) is 10.2. The van der Waals surface area contributed by atoms with Crippen molar-refractivity contribution in [3.63, 3.8) is 0 Å². The highest BCUT2D eigenvalue weighted by molar-refractivity contribution is 6.30. The Balaban J connectivity index is 2.19. The van der Waals surface area contributed by atoms with Crippen LogP contribution in [0.3, 0.4) is 0 Å². The number of aromatic nitrogens is 2. The molecule has 0 saturated heterocycles. The highest BCUT2D eigenvalue weighted by atomic mass is 35.5. The van der Waals surface area contributed by atoms with E-state index >= 15 is 0 Å². The predicted octanol–water partition coefficient (Wildman–Crippen LogP) is 2.31. The molecule has 0 radical (unpaired) electrons. The number of hydrogen-bond acceptors (Lipinski definition) is 3. The molecule has 0 N–H and O–H groups in total. The quantitative estimate of drug-likeness (QED) is 0.737. The van der Waals surface area contributed by atoms with Crippen molar-refractivity contribution in [2.75, 3.05) is 0 Å². The predicted molar refractivity (Wildman–Crippen MR) is 48.6 cm³/mol. The molecule has 0 bridgehead atoms. The molecule has 2 aromatic rings. The summed E-state index contributed by atoms with van der Waals surface area (Å²) in [4.78, 5) is 0. The number of benzene rings is 1. The molecule has 0 amide bonds. The zero-order valence-electron chi connectivity index (χ0n) is 6.77. The fourth-order valence-corrected chi connectivity index (χ4v) is 1.31. The lowest BCUT2D eigenvalue weighted by Gasteiger charge is -1.96. The van der Waals surface area contributed by atoms with Crippen LogP contribution < -0.4 is 0 Å². The number of halogens is 1. The highest BCUT2D eigenvalue weighted by Crippen LogP contribution is 2.13. The molecule has 3 nitrogen and oxygen atoms in total. The van der Waals surface area contributed by atoms with Gasteiger partial charge in [0, 0.05) is 5.02 Å². The molecule has 0 aliphatic rings. The van der Waals surface area contributed by atoms with E-state index in [9.17, 15) is 0 Å². The van der Waals surface area contributed by atoms with Crippen LogP contribution in [0.5, 0.6) is 0 Å². The Morgan fingerprint density at radius 3 is 3.00 bits per heavy atom. The van der Waals surface area contributed by atoms with Gasteiger partial charge < -0.3 is 4.42 Å². The zero-order chi connectivity index (χ0) is 9.10. The first-order chi connectivity index (χ1) is 6.34. The average Bonchev–Trinajstić information content (AvgIpc) is 2.57. The molecule has 0 fully saturated rings. The maximum absolute atomic E-state index is 5.82. The van der Waals surface area contributed by atoms with Crippen molar-refractivity contribution in [1.82, 2.24) is 10.2 Å². The third-order valence-electron chi connectivity index (χ3n) is 1.65. The molecule has 0 spiro atoms. The van der Waals surface area contributed by atoms with Crippen LogP contribution in [-0.4, -0.2) is 10.2 Å². The summed E-state index contributed by atoms with van der Waals surface area (Å²) in [5.74, 6) is 0.599. The molecule has 0 saturated carbocycles. The first-order valence-corrected chi connectivity index (χ1v) is 4.22. The van der Waals surface area contributed by atoms with Gasteiger partial charge in [-0.15, -0.1) is 10.2 Å². The lowest BCUT2D eigenvalue weighted by molar-refractivity contribution is 0.505. The molecule has 4 heteroatoms. The lowest BCUT2D eigenvalue weighted by Crippen LogP contribution is -1.87. The summed E-state index contributed by atoms with van der Waals surface area (Å²) < 4.78 is 5.01. The molecule has 0 aliphatic heterocycles. The van der Waals surface area contributed by atoms with Crippen LogP contribution in [0.1, 0.15) is 11.5 Å². The molecular weight excluding hydrogens is 188 g/mol. The van der Waals surface area contributed by atoms with Gasteiger partial charge >= 0.3 is 0 Å². The van der Waals surface area contributed by atoms with Crippen molar-refractivity contribution >= 4 is 11.6 Å². The second kappa shape index (κ2) is 3.58. The van der Waals surface area contributed by atoms with Crippen LogP contribution in [0.2, 0.25) is 5.02 Å². The Hall–Kier alpha value is -1.35. The summed E-state index contributed by atoms with van der Waals surface area (Å²) in [7, 11) is 0. The van der Waals surface area contributed by atoms with E-state index in [0.717, 1.165) is 10.6 Å².